The molecule has 18 heavy (non-hydrogen) atoms. The zero-order chi connectivity index (χ0) is 13.5. The highest BCUT2D eigenvalue weighted by Gasteiger charge is 2.22. The molecule has 2 unspecified atom stereocenters. The SMILES string of the molecule is COCCC(N)C(=O)N(C)C(C)Cc1cccs1. The zero-order valence-electron chi connectivity index (χ0n) is 11.3. The highest BCUT2D eigenvalue weighted by Crippen LogP contribution is 2.14. The number of carbonyl (C=O) groups excluding carboxylic acids is 1. The number of ether oxygens (including phenoxy) is 1. The number of rotatable bonds is 7. The topological polar surface area (TPSA) is 55.6 Å². The monoisotopic (exact) mass is 270 g/mol. The van der Waals surface area contributed by atoms with E-state index in [0.29, 0.717) is 13.0 Å². The molecule has 0 radical (unpaired) electrons. The number of nitrogens with zero attached hydrogens (tertiary/aromatic N) is 1. The average molecular weight is 270 g/mol. The molecule has 0 aliphatic rings. The van der Waals surface area contributed by atoms with Crippen LogP contribution in [0, 0.1) is 0 Å². The average Bonchev–Trinajstić information content (AvgIpc) is 2.86. The second kappa shape index (κ2) is 7.51. The largest absolute Gasteiger partial charge is 0.385 e. The van der Waals surface area contributed by atoms with E-state index in [1.165, 1.54) is 4.88 Å². The summed E-state index contributed by atoms with van der Waals surface area (Å²) in [5.74, 6) is -0.0175. The molecule has 0 fully saturated rings. The Hall–Kier alpha value is -0.910. The van der Waals surface area contributed by atoms with Crippen molar-refractivity contribution in [3.8, 4) is 0 Å². The highest BCUT2D eigenvalue weighted by atomic mass is 32.1. The summed E-state index contributed by atoms with van der Waals surface area (Å²) in [7, 11) is 3.42. The molecule has 2 atom stereocenters. The first-order valence-electron chi connectivity index (χ1n) is 6.09. The van der Waals surface area contributed by atoms with Crippen molar-refractivity contribution in [1.82, 2.24) is 4.90 Å². The molecule has 0 bridgehead atoms. The summed E-state index contributed by atoms with van der Waals surface area (Å²) < 4.78 is 4.94. The molecule has 0 saturated heterocycles. The fourth-order valence-electron chi connectivity index (χ4n) is 1.70. The van der Waals surface area contributed by atoms with E-state index in [1.807, 2.05) is 25.4 Å². The number of amides is 1. The molecule has 102 valence electrons. The fourth-order valence-corrected chi connectivity index (χ4v) is 2.53. The van der Waals surface area contributed by atoms with E-state index < -0.39 is 6.04 Å². The first kappa shape index (κ1) is 15.1. The lowest BCUT2D eigenvalue weighted by molar-refractivity contribution is -0.133. The standard InChI is InChI=1S/C13H22N2O2S/c1-10(9-11-5-4-8-18-11)15(2)13(16)12(14)6-7-17-3/h4-5,8,10,12H,6-7,9,14H2,1-3H3. The molecular formula is C13H22N2O2S. The van der Waals surface area contributed by atoms with E-state index in [9.17, 15) is 4.79 Å². The smallest absolute Gasteiger partial charge is 0.239 e. The maximum Gasteiger partial charge on any atom is 0.239 e. The predicted octanol–water partition coefficient (Wildman–Crippen LogP) is 1.50. The van der Waals surface area contributed by atoms with E-state index in [-0.39, 0.29) is 11.9 Å². The third kappa shape index (κ3) is 4.40. The Bertz CT molecular complexity index is 354. The van der Waals surface area contributed by atoms with E-state index in [0.717, 1.165) is 6.42 Å². The molecule has 4 nitrogen and oxygen atoms in total. The molecule has 1 aromatic heterocycles. The summed E-state index contributed by atoms with van der Waals surface area (Å²) in [5.41, 5.74) is 5.85. The third-order valence-corrected chi connectivity index (χ3v) is 3.93. The van der Waals surface area contributed by atoms with Crippen LogP contribution < -0.4 is 5.73 Å². The summed E-state index contributed by atoms with van der Waals surface area (Å²) >= 11 is 1.71. The number of methoxy groups -OCH3 is 1. The number of hydrogen-bond donors (Lipinski definition) is 1. The number of carbonyl (C=O) groups is 1. The molecule has 0 aromatic carbocycles. The number of nitrogens with two attached hydrogens (primary N) is 1. The van der Waals surface area contributed by atoms with Crippen LogP contribution in [0.5, 0.6) is 0 Å². The van der Waals surface area contributed by atoms with Crippen molar-refractivity contribution in [2.24, 2.45) is 5.73 Å². The van der Waals surface area contributed by atoms with Crippen molar-refractivity contribution in [3.63, 3.8) is 0 Å². The van der Waals surface area contributed by atoms with Crippen molar-refractivity contribution in [3.05, 3.63) is 22.4 Å². The lowest BCUT2D eigenvalue weighted by Gasteiger charge is -2.27. The van der Waals surface area contributed by atoms with Gasteiger partial charge < -0.3 is 15.4 Å². The van der Waals surface area contributed by atoms with E-state index in [2.05, 4.69) is 6.07 Å². The van der Waals surface area contributed by atoms with Gasteiger partial charge in [0.15, 0.2) is 0 Å². The molecule has 0 aliphatic carbocycles. The van der Waals surface area contributed by atoms with Gasteiger partial charge >= 0.3 is 0 Å². The summed E-state index contributed by atoms with van der Waals surface area (Å²) in [6, 6.07) is 3.80. The van der Waals surface area contributed by atoms with Crippen molar-refractivity contribution >= 4 is 17.2 Å². The van der Waals surface area contributed by atoms with Gasteiger partial charge in [-0.15, -0.1) is 11.3 Å². The minimum absolute atomic E-state index is 0.0175. The van der Waals surface area contributed by atoms with Crippen LogP contribution in [0.3, 0.4) is 0 Å². The van der Waals surface area contributed by atoms with Gasteiger partial charge in [0.05, 0.1) is 6.04 Å². The van der Waals surface area contributed by atoms with Crippen LogP contribution in [0.1, 0.15) is 18.2 Å². The van der Waals surface area contributed by atoms with Crippen LogP contribution in [-0.2, 0) is 16.0 Å². The fraction of sp³-hybridized carbons (Fsp3) is 0.615. The minimum Gasteiger partial charge on any atom is -0.385 e. The molecule has 1 heterocycles. The van der Waals surface area contributed by atoms with Crippen LogP contribution in [0.25, 0.3) is 0 Å². The van der Waals surface area contributed by atoms with Gasteiger partial charge in [0, 0.05) is 38.1 Å². The summed E-state index contributed by atoms with van der Waals surface area (Å²) in [6.45, 7) is 2.56. The molecule has 1 aromatic rings. The van der Waals surface area contributed by atoms with Gasteiger partial charge in [-0.3, -0.25) is 4.79 Å². The highest BCUT2D eigenvalue weighted by molar-refractivity contribution is 7.09. The zero-order valence-corrected chi connectivity index (χ0v) is 12.1. The maximum atomic E-state index is 12.1. The normalized spacial score (nSPS) is 14.2. The van der Waals surface area contributed by atoms with E-state index >= 15 is 0 Å². The Kier molecular flexibility index (Phi) is 6.32. The van der Waals surface area contributed by atoms with Gasteiger partial charge in [0.25, 0.3) is 0 Å². The molecule has 1 rings (SSSR count). The van der Waals surface area contributed by atoms with Crippen LogP contribution >= 0.6 is 11.3 Å². The molecule has 1 amide bonds. The Morgan fingerprint density at radius 3 is 2.89 bits per heavy atom. The molecule has 0 saturated carbocycles. The lowest BCUT2D eigenvalue weighted by Crippen LogP contribution is -2.46. The van der Waals surface area contributed by atoms with Crippen molar-refractivity contribution in [1.29, 1.82) is 0 Å². The van der Waals surface area contributed by atoms with Crippen LogP contribution in [-0.4, -0.2) is 43.7 Å². The first-order valence-corrected chi connectivity index (χ1v) is 6.97. The summed E-state index contributed by atoms with van der Waals surface area (Å²) in [6.07, 6.45) is 1.43. The van der Waals surface area contributed by atoms with Crippen LogP contribution in [0.15, 0.2) is 17.5 Å². The van der Waals surface area contributed by atoms with Gasteiger partial charge in [-0.1, -0.05) is 6.07 Å². The number of likely N-dealkylation sites (N-methyl/N-ethyl adjacent to an activating group) is 1. The number of thiophene rings is 1. The molecule has 5 heteroatoms. The summed E-state index contributed by atoms with van der Waals surface area (Å²) in [5, 5.41) is 2.05. The van der Waals surface area contributed by atoms with E-state index in [1.54, 1.807) is 23.3 Å². The third-order valence-electron chi connectivity index (χ3n) is 3.04. The van der Waals surface area contributed by atoms with Crippen molar-refractivity contribution < 1.29 is 9.53 Å². The van der Waals surface area contributed by atoms with Gasteiger partial charge in [-0.2, -0.15) is 0 Å². The van der Waals surface area contributed by atoms with E-state index in [4.69, 9.17) is 10.5 Å². The summed E-state index contributed by atoms with van der Waals surface area (Å²) in [4.78, 5) is 15.1. The predicted molar refractivity (Wildman–Crippen MR) is 74.7 cm³/mol. The molecule has 0 aliphatic heterocycles. The molecule has 2 N–H and O–H groups in total. The van der Waals surface area contributed by atoms with Crippen molar-refractivity contribution in [2.75, 3.05) is 20.8 Å². The van der Waals surface area contributed by atoms with Gasteiger partial charge in [0.1, 0.15) is 0 Å². The molecular weight excluding hydrogens is 248 g/mol. The first-order chi connectivity index (χ1) is 8.56. The molecule has 0 spiro atoms. The van der Waals surface area contributed by atoms with Crippen LogP contribution in [0.2, 0.25) is 0 Å². The Morgan fingerprint density at radius 1 is 1.61 bits per heavy atom. The minimum atomic E-state index is -0.472. The van der Waals surface area contributed by atoms with Gasteiger partial charge in [-0.05, 0) is 24.8 Å². The maximum absolute atomic E-state index is 12.1. The van der Waals surface area contributed by atoms with Gasteiger partial charge in [0.2, 0.25) is 5.91 Å². The number of hydrogen-bond acceptors (Lipinski definition) is 4. The Labute approximate surface area is 113 Å². The Balaban J connectivity index is 2.46. The second-order valence-corrected chi connectivity index (χ2v) is 5.50. The quantitative estimate of drug-likeness (QED) is 0.817. The van der Waals surface area contributed by atoms with Crippen LogP contribution in [0.4, 0.5) is 0 Å². The van der Waals surface area contributed by atoms with Crippen molar-refractivity contribution in [2.45, 2.75) is 31.8 Å². The lowest BCUT2D eigenvalue weighted by atomic mass is 10.1. The Morgan fingerprint density at radius 2 is 2.33 bits per heavy atom. The second-order valence-electron chi connectivity index (χ2n) is 4.47. The van der Waals surface area contributed by atoms with Gasteiger partial charge in [-0.25, -0.2) is 0 Å².